The van der Waals surface area contributed by atoms with E-state index in [9.17, 15) is 0 Å². The minimum Gasteiger partial charge on any atom is -0.493 e. The molecule has 3 aromatic carbocycles. The number of nitrogens with one attached hydrogen (secondary N) is 1. The summed E-state index contributed by atoms with van der Waals surface area (Å²) in [5.74, 6) is 1.42. The first kappa shape index (κ1) is 22.7. The van der Waals surface area contributed by atoms with Gasteiger partial charge in [0.2, 0.25) is 0 Å². The molecule has 0 spiro atoms. The van der Waals surface area contributed by atoms with Gasteiger partial charge in [-0.2, -0.15) is 0 Å². The van der Waals surface area contributed by atoms with Gasteiger partial charge in [-0.15, -0.1) is 0 Å². The Morgan fingerprint density at radius 1 is 0.967 bits per heavy atom. The molecule has 30 heavy (non-hydrogen) atoms. The molecule has 0 fully saturated rings. The molecular weight excluding hydrogens is 462 g/mol. The van der Waals surface area contributed by atoms with Crippen molar-refractivity contribution in [3.05, 3.63) is 92.9 Å². The van der Waals surface area contributed by atoms with Gasteiger partial charge in [-0.3, -0.25) is 0 Å². The Balaban J connectivity index is 1.57. The lowest BCUT2D eigenvalue weighted by atomic mass is 10.1. The van der Waals surface area contributed by atoms with Crippen LogP contribution in [0.4, 0.5) is 0 Å². The second-order valence-electron chi connectivity index (χ2n) is 7.32. The average Bonchev–Trinajstić information content (AvgIpc) is 2.76. The molecule has 0 aromatic heterocycles. The molecule has 158 valence electrons. The molecule has 1 N–H and O–H groups in total. The summed E-state index contributed by atoms with van der Waals surface area (Å²) in [6.07, 6.45) is 2.15. The predicted molar refractivity (Wildman–Crippen MR) is 128 cm³/mol. The molecule has 5 heteroatoms. The predicted octanol–water partition coefficient (Wildman–Crippen LogP) is 6.80. The topological polar surface area (TPSA) is 30.5 Å². The van der Waals surface area contributed by atoms with Crippen LogP contribution in [-0.4, -0.2) is 13.2 Å². The lowest BCUT2D eigenvalue weighted by Gasteiger charge is -2.17. The van der Waals surface area contributed by atoms with E-state index in [0.717, 1.165) is 35.0 Å². The van der Waals surface area contributed by atoms with E-state index in [1.165, 1.54) is 5.56 Å². The van der Waals surface area contributed by atoms with Crippen molar-refractivity contribution in [3.8, 4) is 11.5 Å². The Morgan fingerprint density at radius 2 is 1.73 bits per heavy atom. The van der Waals surface area contributed by atoms with Crippen molar-refractivity contribution >= 4 is 27.5 Å². The lowest BCUT2D eigenvalue weighted by Crippen LogP contribution is -2.26. The van der Waals surface area contributed by atoms with Crippen LogP contribution in [0.15, 0.2) is 71.2 Å². The van der Waals surface area contributed by atoms with E-state index in [1.54, 1.807) is 7.11 Å². The van der Waals surface area contributed by atoms with E-state index in [1.807, 2.05) is 36.4 Å². The number of ether oxygens (including phenoxy) is 2. The third-order valence-corrected chi connectivity index (χ3v) is 5.94. The van der Waals surface area contributed by atoms with E-state index >= 15 is 0 Å². The van der Waals surface area contributed by atoms with E-state index in [0.29, 0.717) is 29.2 Å². The van der Waals surface area contributed by atoms with Crippen molar-refractivity contribution < 1.29 is 9.47 Å². The third-order valence-electron chi connectivity index (χ3n) is 4.97. The zero-order chi connectivity index (χ0) is 21.3. The normalized spacial score (nSPS) is 11.9. The quantitative estimate of drug-likeness (QED) is 0.340. The number of methoxy groups -OCH3 is 1. The van der Waals surface area contributed by atoms with Gasteiger partial charge in [-0.05, 0) is 60.7 Å². The summed E-state index contributed by atoms with van der Waals surface area (Å²) in [7, 11) is 1.66. The van der Waals surface area contributed by atoms with Crippen LogP contribution in [0.2, 0.25) is 5.02 Å². The first-order chi connectivity index (χ1) is 14.5. The fourth-order valence-corrected chi connectivity index (χ4v) is 3.86. The Bertz CT molecular complexity index is 949. The second-order valence-corrected chi connectivity index (χ2v) is 8.61. The Kier molecular flexibility index (Phi) is 8.61. The SMILES string of the molecule is COc1cc(CNC(C)CCc2ccccc2)c(Br)cc1OCc1cccc(Cl)c1. The molecule has 3 aromatic rings. The fraction of sp³-hybridized carbons (Fsp3) is 0.280. The fourth-order valence-electron chi connectivity index (χ4n) is 3.19. The zero-order valence-electron chi connectivity index (χ0n) is 17.3. The standard InChI is InChI=1S/C25H27BrClNO2/c1-18(11-12-19-7-4-3-5-8-19)28-16-21-14-24(29-2)25(15-23(21)26)30-17-20-9-6-10-22(27)13-20/h3-10,13-15,18,28H,11-12,16-17H2,1-2H3. The highest BCUT2D eigenvalue weighted by molar-refractivity contribution is 9.10. The average molecular weight is 489 g/mol. The third kappa shape index (κ3) is 6.76. The van der Waals surface area contributed by atoms with E-state index in [-0.39, 0.29) is 0 Å². The van der Waals surface area contributed by atoms with Crippen molar-refractivity contribution in [2.45, 2.75) is 39.0 Å². The number of aryl methyl sites for hydroxylation is 1. The van der Waals surface area contributed by atoms with Crippen LogP contribution in [0.3, 0.4) is 0 Å². The van der Waals surface area contributed by atoms with Crippen molar-refractivity contribution in [2.24, 2.45) is 0 Å². The molecule has 0 saturated carbocycles. The summed E-state index contributed by atoms with van der Waals surface area (Å²) in [5, 5.41) is 4.30. The van der Waals surface area contributed by atoms with Crippen LogP contribution in [0.25, 0.3) is 0 Å². The van der Waals surface area contributed by atoms with Crippen molar-refractivity contribution in [1.29, 1.82) is 0 Å². The van der Waals surface area contributed by atoms with Crippen molar-refractivity contribution in [3.63, 3.8) is 0 Å². The van der Waals surface area contributed by atoms with E-state index in [4.69, 9.17) is 21.1 Å². The van der Waals surface area contributed by atoms with Gasteiger partial charge in [-0.25, -0.2) is 0 Å². The number of rotatable bonds is 10. The maximum atomic E-state index is 6.05. The number of benzene rings is 3. The first-order valence-electron chi connectivity index (χ1n) is 10.1. The first-order valence-corrected chi connectivity index (χ1v) is 11.2. The zero-order valence-corrected chi connectivity index (χ0v) is 19.7. The molecule has 0 amide bonds. The maximum Gasteiger partial charge on any atom is 0.162 e. The lowest BCUT2D eigenvalue weighted by molar-refractivity contribution is 0.284. The minimum atomic E-state index is 0.404. The summed E-state index contributed by atoms with van der Waals surface area (Å²) in [5.41, 5.74) is 3.52. The second kappa shape index (κ2) is 11.4. The molecule has 0 aliphatic heterocycles. The van der Waals surface area contributed by atoms with Gasteiger partial charge >= 0.3 is 0 Å². The van der Waals surface area contributed by atoms with Crippen LogP contribution in [0.5, 0.6) is 11.5 Å². The molecule has 3 rings (SSSR count). The number of hydrogen-bond acceptors (Lipinski definition) is 3. The molecule has 3 nitrogen and oxygen atoms in total. The molecule has 1 unspecified atom stereocenters. The van der Waals surface area contributed by atoms with Gasteiger partial charge in [0, 0.05) is 22.1 Å². The van der Waals surface area contributed by atoms with Gasteiger partial charge in [-0.1, -0.05) is 70.0 Å². The van der Waals surface area contributed by atoms with Crippen LogP contribution in [0.1, 0.15) is 30.0 Å². The molecular formula is C25H27BrClNO2. The number of halogens is 2. The smallest absolute Gasteiger partial charge is 0.162 e. The molecule has 0 aliphatic carbocycles. The Hall–Kier alpha value is -2.01. The molecule has 0 aliphatic rings. The summed E-state index contributed by atoms with van der Waals surface area (Å²) >= 11 is 9.73. The van der Waals surface area contributed by atoms with E-state index in [2.05, 4.69) is 58.5 Å². The highest BCUT2D eigenvalue weighted by Gasteiger charge is 2.12. The molecule has 1 atom stereocenters. The summed E-state index contributed by atoms with van der Waals surface area (Å²) < 4.78 is 12.5. The van der Waals surface area contributed by atoms with Gasteiger partial charge in [0.1, 0.15) is 6.61 Å². The summed E-state index contributed by atoms with van der Waals surface area (Å²) in [4.78, 5) is 0. The van der Waals surface area contributed by atoms with Crippen LogP contribution in [0, 0.1) is 0 Å². The Morgan fingerprint density at radius 3 is 2.47 bits per heavy atom. The molecule has 0 bridgehead atoms. The minimum absolute atomic E-state index is 0.404. The van der Waals surface area contributed by atoms with Gasteiger partial charge in [0.15, 0.2) is 11.5 Å². The van der Waals surface area contributed by atoms with Crippen LogP contribution in [-0.2, 0) is 19.6 Å². The molecule has 0 heterocycles. The van der Waals surface area contributed by atoms with Gasteiger partial charge in [0.25, 0.3) is 0 Å². The highest BCUT2D eigenvalue weighted by Crippen LogP contribution is 2.34. The van der Waals surface area contributed by atoms with Gasteiger partial charge in [0.05, 0.1) is 7.11 Å². The monoisotopic (exact) mass is 487 g/mol. The van der Waals surface area contributed by atoms with Gasteiger partial charge < -0.3 is 14.8 Å². The number of hydrogen-bond donors (Lipinski definition) is 1. The summed E-state index contributed by atoms with van der Waals surface area (Å²) in [6.45, 7) is 3.40. The maximum absolute atomic E-state index is 6.05. The van der Waals surface area contributed by atoms with Crippen LogP contribution >= 0.6 is 27.5 Å². The van der Waals surface area contributed by atoms with Crippen LogP contribution < -0.4 is 14.8 Å². The molecule has 0 saturated heterocycles. The largest absolute Gasteiger partial charge is 0.493 e. The van der Waals surface area contributed by atoms with Crippen molar-refractivity contribution in [2.75, 3.05) is 7.11 Å². The summed E-state index contributed by atoms with van der Waals surface area (Å²) in [6, 6.07) is 22.6. The highest BCUT2D eigenvalue weighted by atomic mass is 79.9. The Labute approximate surface area is 192 Å². The van der Waals surface area contributed by atoms with E-state index < -0.39 is 0 Å². The van der Waals surface area contributed by atoms with Crippen molar-refractivity contribution in [1.82, 2.24) is 5.32 Å². The molecule has 0 radical (unpaired) electrons.